The largest absolute Gasteiger partial charge is 0.338 e. The van der Waals surface area contributed by atoms with Crippen LogP contribution in [0.3, 0.4) is 0 Å². The quantitative estimate of drug-likeness (QED) is 0.731. The third-order valence-electron chi connectivity index (χ3n) is 4.56. The molecular formula is C18H18N4O. The van der Waals surface area contributed by atoms with Gasteiger partial charge in [-0.25, -0.2) is 4.68 Å². The molecule has 0 radical (unpaired) electrons. The topological polar surface area (TPSA) is 51.0 Å². The molecule has 1 aliphatic heterocycles. The number of rotatable bonds is 2. The molecule has 2 aromatic carbocycles. The molecule has 1 fully saturated rings. The molecule has 1 amide bonds. The average Bonchev–Trinajstić information content (AvgIpc) is 3.15. The van der Waals surface area contributed by atoms with E-state index in [0.29, 0.717) is 6.04 Å². The van der Waals surface area contributed by atoms with Gasteiger partial charge in [-0.2, -0.15) is 0 Å². The van der Waals surface area contributed by atoms with Crippen molar-refractivity contribution < 1.29 is 4.79 Å². The third kappa shape index (κ3) is 2.70. The van der Waals surface area contributed by atoms with Crippen LogP contribution in [-0.2, 0) is 0 Å². The Kier molecular flexibility index (Phi) is 3.54. The highest BCUT2D eigenvalue weighted by Crippen LogP contribution is 2.23. The molecule has 0 saturated carbocycles. The molecule has 1 saturated heterocycles. The van der Waals surface area contributed by atoms with Gasteiger partial charge in [-0.15, -0.1) is 5.10 Å². The molecule has 0 atom stereocenters. The number of nitrogens with zero attached hydrogens (tertiary/aromatic N) is 4. The number of aromatic nitrogens is 3. The minimum atomic E-state index is 0.118. The first-order valence-corrected chi connectivity index (χ1v) is 7.95. The molecular weight excluding hydrogens is 288 g/mol. The number of fused-ring (bicyclic) bond motifs is 1. The number of piperidine rings is 1. The van der Waals surface area contributed by atoms with Crippen LogP contribution < -0.4 is 0 Å². The first kappa shape index (κ1) is 13.9. The highest BCUT2D eigenvalue weighted by Gasteiger charge is 2.25. The fraction of sp³-hybridized carbons (Fsp3) is 0.278. The number of carbonyl (C=O) groups is 1. The number of amides is 1. The van der Waals surface area contributed by atoms with Crippen molar-refractivity contribution in [3.8, 4) is 0 Å². The number of benzene rings is 2. The van der Waals surface area contributed by atoms with Crippen LogP contribution in [0.4, 0.5) is 0 Å². The van der Waals surface area contributed by atoms with Gasteiger partial charge in [0.2, 0.25) is 0 Å². The smallest absolute Gasteiger partial charge is 0.253 e. The first-order valence-electron chi connectivity index (χ1n) is 7.95. The lowest BCUT2D eigenvalue weighted by molar-refractivity contribution is 0.0689. The Morgan fingerprint density at radius 1 is 1.04 bits per heavy atom. The van der Waals surface area contributed by atoms with E-state index in [1.54, 1.807) is 6.20 Å². The number of hydrogen-bond donors (Lipinski definition) is 0. The van der Waals surface area contributed by atoms with Crippen molar-refractivity contribution in [3.63, 3.8) is 0 Å². The highest BCUT2D eigenvalue weighted by molar-refractivity contribution is 5.98. The van der Waals surface area contributed by atoms with Crippen molar-refractivity contribution in [2.75, 3.05) is 13.1 Å². The molecule has 116 valence electrons. The zero-order chi connectivity index (χ0) is 15.6. The maximum atomic E-state index is 12.7. The monoisotopic (exact) mass is 306 g/mol. The van der Waals surface area contributed by atoms with Crippen molar-refractivity contribution in [1.82, 2.24) is 19.9 Å². The predicted molar refractivity (Wildman–Crippen MR) is 88.1 cm³/mol. The Labute approximate surface area is 134 Å². The van der Waals surface area contributed by atoms with Crippen LogP contribution >= 0.6 is 0 Å². The van der Waals surface area contributed by atoms with E-state index in [0.717, 1.165) is 42.3 Å². The second kappa shape index (κ2) is 5.83. The van der Waals surface area contributed by atoms with Gasteiger partial charge in [-0.1, -0.05) is 35.5 Å². The summed E-state index contributed by atoms with van der Waals surface area (Å²) in [7, 11) is 0. The third-order valence-corrected chi connectivity index (χ3v) is 4.56. The van der Waals surface area contributed by atoms with Crippen LogP contribution in [0.25, 0.3) is 10.8 Å². The molecule has 0 bridgehead atoms. The minimum absolute atomic E-state index is 0.118. The Morgan fingerprint density at radius 2 is 1.83 bits per heavy atom. The van der Waals surface area contributed by atoms with E-state index in [9.17, 15) is 4.79 Å². The van der Waals surface area contributed by atoms with Gasteiger partial charge >= 0.3 is 0 Å². The van der Waals surface area contributed by atoms with E-state index < -0.39 is 0 Å². The molecule has 5 heteroatoms. The van der Waals surface area contributed by atoms with E-state index in [4.69, 9.17) is 0 Å². The van der Waals surface area contributed by atoms with E-state index >= 15 is 0 Å². The number of hydrogen-bond acceptors (Lipinski definition) is 3. The van der Waals surface area contributed by atoms with Crippen molar-refractivity contribution in [2.45, 2.75) is 18.9 Å². The Morgan fingerprint density at radius 3 is 2.57 bits per heavy atom. The maximum Gasteiger partial charge on any atom is 0.253 e. The molecule has 3 aromatic rings. The normalized spacial score (nSPS) is 15.9. The van der Waals surface area contributed by atoms with Gasteiger partial charge in [-0.05, 0) is 35.7 Å². The van der Waals surface area contributed by atoms with Gasteiger partial charge in [0, 0.05) is 24.8 Å². The first-order chi connectivity index (χ1) is 11.3. The molecule has 1 aliphatic rings. The van der Waals surface area contributed by atoms with Crippen LogP contribution in [0.1, 0.15) is 29.2 Å². The molecule has 0 aliphatic carbocycles. The highest BCUT2D eigenvalue weighted by atomic mass is 16.2. The second-order valence-electron chi connectivity index (χ2n) is 5.97. The summed E-state index contributed by atoms with van der Waals surface area (Å²) in [6.45, 7) is 1.52. The summed E-state index contributed by atoms with van der Waals surface area (Å²) in [4.78, 5) is 14.7. The SMILES string of the molecule is O=C(c1ccc2ccccc2c1)N1CCC(n2ccnn2)CC1. The lowest BCUT2D eigenvalue weighted by atomic mass is 10.0. The number of likely N-dealkylation sites (tertiary alicyclic amines) is 1. The van der Waals surface area contributed by atoms with Crippen LogP contribution in [0.2, 0.25) is 0 Å². The fourth-order valence-corrected chi connectivity index (χ4v) is 3.25. The van der Waals surface area contributed by atoms with Crippen LogP contribution in [0, 0.1) is 0 Å². The van der Waals surface area contributed by atoms with Crippen LogP contribution in [-0.4, -0.2) is 38.9 Å². The maximum absolute atomic E-state index is 12.7. The average molecular weight is 306 g/mol. The summed E-state index contributed by atoms with van der Waals surface area (Å²) >= 11 is 0. The zero-order valence-electron chi connectivity index (χ0n) is 12.8. The Bertz CT molecular complexity index is 820. The summed E-state index contributed by atoms with van der Waals surface area (Å²) in [6, 6.07) is 14.4. The van der Waals surface area contributed by atoms with Crippen molar-refractivity contribution >= 4 is 16.7 Å². The summed E-state index contributed by atoms with van der Waals surface area (Å²) < 4.78 is 1.90. The van der Waals surface area contributed by atoms with Crippen molar-refractivity contribution in [3.05, 3.63) is 60.4 Å². The minimum Gasteiger partial charge on any atom is -0.338 e. The van der Waals surface area contributed by atoms with Crippen molar-refractivity contribution in [2.24, 2.45) is 0 Å². The lowest BCUT2D eigenvalue weighted by Crippen LogP contribution is -2.39. The summed E-state index contributed by atoms with van der Waals surface area (Å²) in [6.07, 6.45) is 5.43. The van der Waals surface area contributed by atoms with Crippen LogP contribution in [0.15, 0.2) is 54.9 Å². The Balaban J connectivity index is 1.48. The van der Waals surface area contributed by atoms with Gasteiger partial charge in [-0.3, -0.25) is 4.79 Å². The summed E-state index contributed by atoms with van der Waals surface area (Å²) in [5.41, 5.74) is 0.767. The fourth-order valence-electron chi connectivity index (χ4n) is 3.25. The van der Waals surface area contributed by atoms with Crippen molar-refractivity contribution in [1.29, 1.82) is 0 Å². The molecule has 5 nitrogen and oxygen atoms in total. The second-order valence-corrected chi connectivity index (χ2v) is 5.97. The van der Waals surface area contributed by atoms with Gasteiger partial charge in [0.05, 0.1) is 12.2 Å². The summed E-state index contributed by atoms with van der Waals surface area (Å²) in [5, 5.41) is 10.2. The van der Waals surface area contributed by atoms with E-state index in [1.807, 2.05) is 52.2 Å². The standard InChI is InChI=1S/C18H18N4O/c23-18(16-6-5-14-3-1-2-4-15(14)13-16)21-10-7-17(8-11-21)22-12-9-19-20-22/h1-6,9,12-13,17H,7-8,10-11H2. The number of carbonyl (C=O) groups excluding carboxylic acids is 1. The molecule has 0 unspecified atom stereocenters. The van der Waals surface area contributed by atoms with Crippen LogP contribution in [0.5, 0.6) is 0 Å². The van der Waals surface area contributed by atoms with Gasteiger partial charge in [0.25, 0.3) is 5.91 Å². The Hall–Kier alpha value is -2.69. The molecule has 23 heavy (non-hydrogen) atoms. The van der Waals surface area contributed by atoms with Gasteiger partial charge in [0.1, 0.15) is 0 Å². The zero-order valence-corrected chi connectivity index (χ0v) is 12.8. The predicted octanol–water partition coefficient (Wildman–Crippen LogP) is 2.91. The molecule has 0 N–H and O–H groups in total. The molecule has 1 aromatic heterocycles. The molecule has 2 heterocycles. The van der Waals surface area contributed by atoms with E-state index in [-0.39, 0.29) is 5.91 Å². The molecule has 0 spiro atoms. The van der Waals surface area contributed by atoms with E-state index in [2.05, 4.69) is 16.4 Å². The summed E-state index contributed by atoms with van der Waals surface area (Å²) in [5.74, 6) is 0.118. The van der Waals surface area contributed by atoms with Gasteiger partial charge in [0.15, 0.2) is 0 Å². The van der Waals surface area contributed by atoms with Gasteiger partial charge < -0.3 is 4.90 Å². The molecule has 4 rings (SSSR count). The lowest BCUT2D eigenvalue weighted by Gasteiger charge is -2.32. The van der Waals surface area contributed by atoms with E-state index in [1.165, 1.54) is 0 Å².